The van der Waals surface area contributed by atoms with Gasteiger partial charge in [-0.15, -0.1) is 22.7 Å². The van der Waals surface area contributed by atoms with Crippen molar-refractivity contribution in [3.63, 3.8) is 0 Å². The average Bonchev–Trinajstić information content (AvgIpc) is 2.78. The highest BCUT2D eigenvalue weighted by Gasteiger charge is 2.22. The van der Waals surface area contributed by atoms with E-state index in [1.807, 2.05) is 0 Å². The van der Waals surface area contributed by atoms with E-state index in [0.717, 1.165) is 22.7 Å². The van der Waals surface area contributed by atoms with Crippen molar-refractivity contribution in [3.05, 3.63) is 23.2 Å². The zero-order valence-electron chi connectivity index (χ0n) is 6.25. The Hall–Kier alpha value is -0.790. The average molecular weight is 232 g/mol. The van der Waals surface area contributed by atoms with Gasteiger partial charge in [0, 0.05) is 23.2 Å². The third-order valence-electron chi connectivity index (χ3n) is 1.28. The molecule has 7 heteroatoms. The van der Waals surface area contributed by atoms with Crippen LogP contribution in [0.5, 0.6) is 0 Å². The second-order valence-corrected chi connectivity index (χ2v) is 6.19. The number of hydrogen-bond acceptors (Lipinski definition) is 6. The van der Waals surface area contributed by atoms with Crippen LogP contribution in [0.15, 0.2) is 31.8 Å². The van der Waals surface area contributed by atoms with Crippen LogP contribution < -0.4 is 0 Å². The predicted molar refractivity (Wildman–Crippen MR) is 49.7 cm³/mol. The molecule has 0 aromatic carbocycles. The molecule has 0 N–H and O–H groups in total. The van der Waals surface area contributed by atoms with Gasteiger partial charge in [0.2, 0.25) is 8.68 Å². The Morgan fingerprint density at radius 2 is 1.46 bits per heavy atom. The standard InChI is InChI=1S/C6H4N2O2S3/c9-13(10,5-7-1-3-11-5)6-8-2-4-12-6/h1-4H. The van der Waals surface area contributed by atoms with E-state index in [0.29, 0.717) is 0 Å². The van der Waals surface area contributed by atoms with E-state index >= 15 is 0 Å². The van der Waals surface area contributed by atoms with Gasteiger partial charge in [0.1, 0.15) is 0 Å². The van der Waals surface area contributed by atoms with Crippen LogP contribution >= 0.6 is 22.7 Å². The fourth-order valence-corrected chi connectivity index (χ4v) is 4.01. The molecule has 0 amide bonds. The van der Waals surface area contributed by atoms with Crippen molar-refractivity contribution in [2.24, 2.45) is 0 Å². The molecule has 0 spiro atoms. The van der Waals surface area contributed by atoms with Gasteiger partial charge in [0.25, 0.3) is 9.84 Å². The van der Waals surface area contributed by atoms with E-state index in [-0.39, 0.29) is 8.68 Å². The van der Waals surface area contributed by atoms with Gasteiger partial charge in [-0.1, -0.05) is 0 Å². The summed E-state index contributed by atoms with van der Waals surface area (Å²) >= 11 is 2.19. The van der Waals surface area contributed by atoms with Gasteiger partial charge >= 0.3 is 0 Å². The smallest absolute Gasteiger partial charge is 0.233 e. The molecule has 2 rings (SSSR count). The van der Waals surface area contributed by atoms with Crippen molar-refractivity contribution in [3.8, 4) is 0 Å². The molecule has 0 saturated carbocycles. The molecular weight excluding hydrogens is 228 g/mol. The molecule has 0 atom stereocenters. The summed E-state index contributed by atoms with van der Waals surface area (Å²) in [6.07, 6.45) is 2.93. The first-order chi connectivity index (χ1) is 6.21. The fraction of sp³-hybridized carbons (Fsp3) is 0. The van der Waals surface area contributed by atoms with Crippen molar-refractivity contribution in [2.75, 3.05) is 0 Å². The minimum Gasteiger partial charge on any atom is -0.233 e. The first-order valence-corrected chi connectivity index (χ1v) is 6.49. The quantitative estimate of drug-likeness (QED) is 0.786. The Balaban J connectivity index is 2.56. The number of nitrogens with zero attached hydrogens (tertiary/aromatic N) is 2. The Bertz CT molecular complexity index is 432. The van der Waals surface area contributed by atoms with Crippen LogP contribution in [-0.2, 0) is 9.84 Å². The lowest BCUT2D eigenvalue weighted by atomic mass is 11.0. The third kappa shape index (κ3) is 1.50. The lowest BCUT2D eigenvalue weighted by Crippen LogP contribution is -1.99. The van der Waals surface area contributed by atoms with E-state index in [1.165, 1.54) is 12.4 Å². The Morgan fingerprint density at radius 3 is 1.77 bits per heavy atom. The topological polar surface area (TPSA) is 59.9 Å². The molecule has 0 aliphatic carbocycles. The zero-order valence-corrected chi connectivity index (χ0v) is 8.69. The van der Waals surface area contributed by atoms with Crippen molar-refractivity contribution in [1.82, 2.24) is 9.97 Å². The molecule has 2 heterocycles. The Labute approximate surface area is 82.8 Å². The fourth-order valence-electron chi connectivity index (χ4n) is 0.761. The molecule has 0 aliphatic rings. The number of hydrogen-bond donors (Lipinski definition) is 0. The summed E-state index contributed by atoms with van der Waals surface area (Å²) in [4.78, 5) is 7.48. The van der Waals surface area contributed by atoms with E-state index in [2.05, 4.69) is 9.97 Å². The van der Waals surface area contributed by atoms with Crippen LogP contribution in [0.3, 0.4) is 0 Å². The summed E-state index contributed by atoms with van der Waals surface area (Å²) in [7, 11) is -3.44. The minimum absolute atomic E-state index is 0.0995. The summed E-state index contributed by atoms with van der Waals surface area (Å²) in [6.45, 7) is 0. The first-order valence-electron chi connectivity index (χ1n) is 3.25. The van der Waals surface area contributed by atoms with Gasteiger partial charge in [0.05, 0.1) is 0 Å². The maximum absolute atomic E-state index is 11.7. The van der Waals surface area contributed by atoms with Crippen LogP contribution in [0.25, 0.3) is 0 Å². The van der Waals surface area contributed by atoms with Crippen LogP contribution in [0.4, 0.5) is 0 Å². The van der Waals surface area contributed by atoms with Crippen molar-refractivity contribution < 1.29 is 8.42 Å². The van der Waals surface area contributed by atoms with Gasteiger partial charge in [-0.3, -0.25) is 0 Å². The summed E-state index contributed by atoms with van der Waals surface area (Å²) in [5, 5.41) is 3.25. The summed E-state index contributed by atoms with van der Waals surface area (Å²) in [5.74, 6) is 0. The molecule has 0 unspecified atom stereocenters. The molecule has 13 heavy (non-hydrogen) atoms. The molecule has 4 nitrogen and oxygen atoms in total. The van der Waals surface area contributed by atoms with Crippen LogP contribution in [0.1, 0.15) is 0 Å². The number of aromatic nitrogens is 2. The van der Waals surface area contributed by atoms with Gasteiger partial charge < -0.3 is 0 Å². The first kappa shape index (κ1) is 8.79. The molecule has 0 fully saturated rings. The van der Waals surface area contributed by atoms with Crippen LogP contribution in [0, 0.1) is 0 Å². The SMILES string of the molecule is O=S(=O)(c1nccs1)c1nccs1. The molecule has 2 aromatic rings. The molecule has 2 aromatic heterocycles. The molecule has 0 aliphatic heterocycles. The highest BCUT2D eigenvalue weighted by Crippen LogP contribution is 2.23. The Morgan fingerprint density at radius 1 is 1.00 bits per heavy atom. The van der Waals surface area contributed by atoms with Gasteiger partial charge in [-0.25, -0.2) is 18.4 Å². The van der Waals surface area contributed by atoms with Gasteiger partial charge in [-0.05, 0) is 0 Å². The van der Waals surface area contributed by atoms with E-state index < -0.39 is 9.84 Å². The number of thiazole rings is 2. The lowest BCUT2D eigenvalue weighted by Gasteiger charge is -1.92. The largest absolute Gasteiger partial charge is 0.260 e. The number of sulfone groups is 1. The lowest BCUT2D eigenvalue weighted by molar-refractivity contribution is 0.594. The van der Waals surface area contributed by atoms with E-state index in [1.54, 1.807) is 10.8 Å². The van der Waals surface area contributed by atoms with E-state index in [4.69, 9.17) is 0 Å². The highest BCUT2D eigenvalue weighted by molar-refractivity contribution is 7.95. The summed E-state index contributed by atoms with van der Waals surface area (Å²) < 4.78 is 23.5. The van der Waals surface area contributed by atoms with Crippen molar-refractivity contribution >= 4 is 32.5 Å². The summed E-state index contributed by atoms with van der Waals surface area (Å²) in [5.41, 5.74) is 0. The molecular formula is C6H4N2O2S3. The second-order valence-electron chi connectivity index (χ2n) is 2.10. The monoisotopic (exact) mass is 232 g/mol. The minimum atomic E-state index is -3.44. The van der Waals surface area contributed by atoms with Gasteiger partial charge in [-0.2, -0.15) is 0 Å². The Kier molecular flexibility index (Phi) is 2.14. The molecule has 0 saturated heterocycles. The predicted octanol–water partition coefficient (Wildman–Crippen LogP) is 1.43. The zero-order chi connectivity index (χ0) is 9.31. The van der Waals surface area contributed by atoms with E-state index in [9.17, 15) is 8.42 Å². The normalized spacial score (nSPS) is 11.7. The molecule has 68 valence electrons. The maximum atomic E-state index is 11.7. The van der Waals surface area contributed by atoms with Crippen molar-refractivity contribution in [1.29, 1.82) is 0 Å². The van der Waals surface area contributed by atoms with Gasteiger partial charge in [0.15, 0.2) is 0 Å². The molecule has 0 radical (unpaired) electrons. The van der Waals surface area contributed by atoms with Crippen LogP contribution in [0.2, 0.25) is 0 Å². The maximum Gasteiger partial charge on any atom is 0.260 e. The van der Waals surface area contributed by atoms with Crippen LogP contribution in [-0.4, -0.2) is 18.4 Å². The highest BCUT2D eigenvalue weighted by atomic mass is 32.3. The number of rotatable bonds is 2. The molecule has 0 bridgehead atoms. The second kappa shape index (κ2) is 3.17. The summed E-state index contributed by atoms with van der Waals surface area (Å²) in [6, 6.07) is 0. The van der Waals surface area contributed by atoms with Crippen molar-refractivity contribution in [2.45, 2.75) is 8.68 Å². The third-order valence-corrected chi connectivity index (χ3v) is 5.43.